The fourth-order valence-electron chi connectivity index (χ4n) is 2.48. The van der Waals surface area contributed by atoms with Gasteiger partial charge in [-0.3, -0.25) is 14.4 Å². The molecule has 0 atom stereocenters. The zero-order chi connectivity index (χ0) is 19.4. The summed E-state index contributed by atoms with van der Waals surface area (Å²) in [6.45, 7) is 0. The molecule has 1 amide bonds. The topological polar surface area (TPSA) is 103 Å². The van der Waals surface area contributed by atoms with Crippen LogP contribution in [0.15, 0.2) is 64.9 Å². The van der Waals surface area contributed by atoms with Crippen molar-refractivity contribution in [3.63, 3.8) is 0 Å². The summed E-state index contributed by atoms with van der Waals surface area (Å²) in [7, 11) is 0. The molecule has 0 spiro atoms. The quantitative estimate of drug-likeness (QED) is 0.469. The summed E-state index contributed by atoms with van der Waals surface area (Å²) in [5.74, 6) is -0.963. The van der Waals surface area contributed by atoms with Crippen molar-refractivity contribution in [3.8, 4) is 0 Å². The summed E-state index contributed by atoms with van der Waals surface area (Å²) < 4.78 is 0.476. The average Bonchev–Trinajstić information content (AvgIpc) is 3.03. The van der Waals surface area contributed by atoms with E-state index >= 15 is 0 Å². The van der Waals surface area contributed by atoms with Gasteiger partial charge in [-0.05, 0) is 0 Å². The molecular weight excluding hydrogens is 380 g/mol. The van der Waals surface area contributed by atoms with Crippen molar-refractivity contribution in [2.45, 2.75) is 4.21 Å². The van der Waals surface area contributed by atoms with E-state index in [9.17, 15) is 14.4 Å². The maximum atomic E-state index is 12.7. The van der Waals surface area contributed by atoms with Crippen LogP contribution in [0.1, 0.15) is 36.0 Å². The minimum atomic E-state index is -0.717. The van der Waals surface area contributed by atoms with Gasteiger partial charge >= 0.3 is 0 Å². The minimum absolute atomic E-state index is 0.0658. The molecule has 0 radical (unpaired) electrons. The van der Waals surface area contributed by atoms with Crippen molar-refractivity contribution >= 4 is 46.3 Å². The number of primary amides is 1. The second-order valence-electron chi connectivity index (χ2n) is 5.64. The van der Waals surface area contributed by atoms with Crippen LogP contribution in [0.25, 0.3) is 0 Å². The Labute approximate surface area is 164 Å². The van der Waals surface area contributed by atoms with Crippen molar-refractivity contribution in [2.24, 2.45) is 5.73 Å². The Morgan fingerprint density at radius 1 is 0.889 bits per heavy atom. The maximum Gasteiger partial charge on any atom is 0.252 e. The highest BCUT2D eigenvalue weighted by Crippen LogP contribution is 2.39. The highest BCUT2D eigenvalue weighted by atomic mass is 32.2. The summed E-state index contributed by atoms with van der Waals surface area (Å²) in [6.07, 6.45) is 0. The third-order valence-electron chi connectivity index (χ3n) is 3.83. The number of benzene rings is 2. The molecule has 0 aliphatic rings. The Kier molecular flexibility index (Phi) is 5.73. The van der Waals surface area contributed by atoms with Crippen LogP contribution in [-0.2, 0) is 0 Å². The third-order valence-corrected chi connectivity index (χ3v) is 6.31. The number of Topliss-reactive ketones (excluding diaryl/α,β-unsaturated/α-hetero) is 1. The SMILES string of the molecule is NC(=O)c1c(SCC(=O)c2ccccc2)sc(C(=O)c2ccccc2)c1N. The molecule has 0 saturated heterocycles. The first-order valence-corrected chi connectivity index (χ1v) is 9.82. The zero-order valence-corrected chi connectivity index (χ0v) is 15.8. The van der Waals surface area contributed by atoms with Gasteiger partial charge in [-0.2, -0.15) is 0 Å². The van der Waals surface area contributed by atoms with Gasteiger partial charge in [0.25, 0.3) is 5.91 Å². The first-order chi connectivity index (χ1) is 13.0. The van der Waals surface area contributed by atoms with Crippen molar-refractivity contribution in [1.82, 2.24) is 0 Å². The van der Waals surface area contributed by atoms with Crippen LogP contribution in [0.2, 0.25) is 0 Å². The monoisotopic (exact) mass is 396 g/mol. The van der Waals surface area contributed by atoms with Gasteiger partial charge in [-0.25, -0.2) is 0 Å². The lowest BCUT2D eigenvalue weighted by Crippen LogP contribution is -2.14. The molecular formula is C20H16N2O3S2. The molecule has 1 aromatic heterocycles. The fourth-order valence-corrected chi connectivity index (χ4v) is 4.85. The number of ketones is 2. The first-order valence-electron chi connectivity index (χ1n) is 8.02. The van der Waals surface area contributed by atoms with E-state index in [1.807, 2.05) is 6.07 Å². The molecule has 136 valence electrons. The summed E-state index contributed by atoms with van der Waals surface area (Å²) in [4.78, 5) is 37.2. The van der Waals surface area contributed by atoms with Crippen LogP contribution < -0.4 is 11.5 Å². The van der Waals surface area contributed by atoms with E-state index < -0.39 is 5.91 Å². The molecule has 1 heterocycles. The van der Waals surface area contributed by atoms with Crippen LogP contribution in [0.3, 0.4) is 0 Å². The molecule has 3 rings (SSSR count). The number of nitrogens with two attached hydrogens (primary N) is 2. The number of rotatable bonds is 7. The predicted molar refractivity (Wildman–Crippen MR) is 109 cm³/mol. The third kappa shape index (κ3) is 4.10. The van der Waals surface area contributed by atoms with Crippen LogP contribution in [0.4, 0.5) is 5.69 Å². The lowest BCUT2D eigenvalue weighted by atomic mass is 10.1. The summed E-state index contributed by atoms with van der Waals surface area (Å²) in [5.41, 5.74) is 12.7. The van der Waals surface area contributed by atoms with Gasteiger partial charge in [-0.15, -0.1) is 23.1 Å². The molecule has 2 aromatic carbocycles. The molecule has 0 aliphatic heterocycles. The van der Waals surface area contributed by atoms with Crippen LogP contribution in [-0.4, -0.2) is 23.2 Å². The second-order valence-corrected chi connectivity index (χ2v) is 7.91. The van der Waals surface area contributed by atoms with Crippen molar-refractivity contribution < 1.29 is 14.4 Å². The van der Waals surface area contributed by atoms with Gasteiger partial charge in [-0.1, -0.05) is 60.7 Å². The van der Waals surface area contributed by atoms with E-state index in [1.54, 1.807) is 54.6 Å². The number of thioether (sulfide) groups is 1. The first kappa shape index (κ1) is 18.9. The Morgan fingerprint density at radius 3 is 2.00 bits per heavy atom. The van der Waals surface area contributed by atoms with E-state index in [1.165, 1.54) is 0 Å². The van der Waals surface area contributed by atoms with Crippen molar-refractivity contribution in [1.29, 1.82) is 0 Å². The average molecular weight is 396 g/mol. The molecule has 27 heavy (non-hydrogen) atoms. The van der Waals surface area contributed by atoms with Gasteiger partial charge in [0, 0.05) is 11.1 Å². The fraction of sp³-hybridized carbons (Fsp3) is 0.0500. The molecule has 0 bridgehead atoms. The Balaban J connectivity index is 1.88. The minimum Gasteiger partial charge on any atom is -0.397 e. The lowest BCUT2D eigenvalue weighted by Gasteiger charge is -2.02. The Morgan fingerprint density at radius 2 is 1.44 bits per heavy atom. The van der Waals surface area contributed by atoms with Gasteiger partial charge in [0.2, 0.25) is 5.78 Å². The zero-order valence-electron chi connectivity index (χ0n) is 14.2. The van der Waals surface area contributed by atoms with E-state index in [2.05, 4.69) is 0 Å². The van der Waals surface area contributed by atoms with Gasteiger partial charge in [0.05, 0.1) is 26.1 Å². The number of anilines is 1. The number of nitrogen functional groups attached to an aromatic ring is 1. The standard InChI is InChI=1S/C20H16N2O3S2/c21-16-15(19(22)25)20(26-11-14(23)12-7-3-1-4-8-12)27-18(16)17(24)13-9-5-2-6-10-13/h1-10H,11,21H2,(H2,22,25). The number of carbonyl (C=O) groups excluding carboxylic acids is 3. The maximum absolute atomic E-state index is 12.7. The number of amides is 1. The number of hydrogen-bond donors (Lipinski definition) is 2. The predicted octanol–water partition coefficient (Wildman–Crippen LogP) is 3.64. The van der Waals surface area contributed by atoms with Crippen molar-refractivity contribution in [3.05, 3.63) is 82.2 Å². The smallest absolute Gasteiger partial charge is 0.252 e. The van der Waals surface area contributed by atoms with E-state index in [0.717, 1.165) is 23.1 Å². The molecule has 3 aromatic rings. The van der Waals surface area contributed by atoms with Gasteiger partial charge in [0.1, 0.15) is 0 Å². The van der Waals surface area contributed by atoms with Gasteiger partial charge in [0.15, 0.2) is 5.78 Å². The molecule has 0 unspecified atom stereocenters. The largest absolute Gasteiger partial charge is 0.397 e. The van der Waals surface area contributed by atoms with E-state index in [0.29, 0.717) is 15.3 Å². The molecule has 7 heteroatoms. The number of thiophene rings is 1. The molecule has 4 N–H and O–H groups in total. The molecule has 0 fully saturated rings. The normalized spacial score (nSPS) is 10.5. The highest BCUT2D eigenvalue weighted by molar-refractivity contribution is 8.01. The summed E-state index contributed by atoms with van der Waals surface area (Å²) in [5, 5.41) is 0. The lowest BCUT2D eigenvalue weighted by molar-refractivity contribution is 0.0995. The Bertz CT molecular complexity index is 999. The second kappa shape index (κ2) is 8.20. The Hall–Kier alpha value is -2.90. The highest BCUT2D eigenvalue weighted by Gasteiger charge is 2.25. The molecule has 0 saturated carbocycles. The summed E-state index contributed by atoms with van der Waals surface area (Å²) in [6, 6.07) is 17.5. The van der Waals surface area contributed by atoms with Crippen LogP contribution in [0, 0.1) is 0 Å². The van der Waals surface area contributed by atoms with Gasteiger partial charge < -0.3 is 11.5 Å². The van der Waals surface area contributed by atoms with E-state index in [-0.39, 0.29) is 33.4 Å². The van der Waals surface area contributed by atoms with Crippen LogP contribution >= 0.6 is 23.1 Å². The molecule has 0 aliphatic carbocycles. The number of hydrogen-bond acceptors (Lipinski definition) is 6. The van der Waals surface area contributed by atoms with Crippen LogP contribution in [0.5, 0.6) is 0 Å². The summed E-state index contributed by atoms with van der Waals surface area (Å²) >= 11 is 2.25. The van der Waals surface area contributed by atoms with Crippen molar-refractivity contribution in [2.75, 3.05) is 11.5 Å². The number of carbonyl (C=O) groups is 3. The molecule has 5 nitrogen and oxygen atoms in total. The van der Waals surface area contributed by atoms with E-state index in [4.69, 9.17) is 11.5 Å².